The molecule has 0 bridgehead atoms. The van der Waals surface area contributed by atoms with Crippen LogP contribution in [0.15, 0.2) is 52.3 Å². The van der Waals surface area contributed by atoms with E-state index in [1.54, 1.807) is 37.3 Å². The molecule has 1 unspecified atom stereocenters. The van der Waals surface area contributed by atoms with Crippen LogP contribution in [0.3, 0.4) is 0 Å². The van der Waals surface area contributed by atoms with Crippen molar-refractivity contribution in [1.29, 1.82) is 0 Å². The second kappa shape index (κ2) is 7.92. The van der Waals surface area contributed by atoms with Crippen molar-refractivity contribution in [3.63, 3.8) is 0 Å². The Kier molecular flexibility index (Phi) is 5.78. The first kappa shape index (κ1) is 19.7. The standard InChI is InChI=1S/C18H17ClN2O4S2/c1-11(18(23)20-13-4-2-3-12(19)7-13)10-27(24,25)14-5-6-16-15(8-14)21-17(22)9-26-16/h2-8,11H,9-10H2,1H3,(H,20,23)(H,21,22). The molecule has 0 aromatic heterocycles. The van der Waals surface area contributed by atoms with E-state index in [9.17, 15) is 18.0 Å². The van der Waals surface area contributed by atoms with Crippen LogP contribution >= 0.6 is 23.4 Å². The van der Waals surface area contributed by atoms with E-state index < -0.39 is 21.7 Å². The molecule has 9 heteroatoms. The zero-order chi connectivity index (χ0) is 19.6. The molecule has 0 spiro atoms. The number of carbonyl (C=O) groups is 2. The molecule has 3 rings (SSSR count). The lowest BCUT2D eigenvalue weighted by Gasteiger charge is -2.18. The van der Waals surface area contributed by atoms with Crippen molar-refractivity contribution >= 4 is 56.4 Å². The van der Waals surface area contributed by atoms with Crippen molar-refractivity contribution in [1.82, 2.24) is 0 Å². The zero-order valence-corrected chi connectivity index (χ0v) is 16.7. The van der Waals surface area contributed by atoms with E-state index in [0.29, 0.717) is 22.2 Å². The number of benzene rings is 2. The van der Waals surface area contributed by atoms with Crippen LogP contribution in [0, 0.1) is 5.92 Å². The van der Waals surface area contributed by atoms with Crippen LogP contribution in [0.5, 0.6) is 0 Å². The molecule has 2 aromatic carbocycles. The first-order chi connectivity index (χ1) is 12.7. The average molecular weight is 425 g/mol. The Morgan fingerprint density at radius 3 is 2.81 bits per heavy atom. The molecular formula is C18H17ClN2O4S2. The van der Waals surface area contributed by atoms with Gasteiger partial charge in [0.25, 0.3) is 0 Å². The minimum Gasteiger partial charge on any atom is -0.326 e. The quantitative estimate of drug-likeness (QED) is 0.767. The lowest BCUT2D eigenvalue weighted by Crippen LogP contribution is -2.27. The van der Waals surface area contributed by atoms with Crippen LogP contribution in [0.25, 0.3) is 0 Å². The van der Waals surface area contributed by atoms with Gasteiger partial charge in [0.1, 0.15) is 0 Å². The highest BCUT2D eigenvalue weighted by atomic mass is 35.5. The average Bonchev–Trinajstić information content (AvgIpc) is 2.60. The predicted molar refractivity (Wildman–Crippen MR) is 107 cm³/mol. The highest BCUT2D eigenvalue weighted by Crippen LogP contribution is 2.33. The van der Waals surface area contributed by atoms with Crippen molar-refractivity contribution in [2.75, 3.05) is 22.1 Å². The lowest BCUT2D eigenvalue weighted by molar-refractivity contribution is -0.118. The molecule has 6 nitrogen and oxygen atoms in total. The summed E-state index contributed by atoms with van der Waals surface area (Å²) in [5, 5.41) is 5.81. The van der Waals surface area contributed by atoms with E-state index >= 15 is 0 Å². The summed E-state index contributed by atoms with van der Waals surface area (Å²) in [7, 11) is -3.70. The highest BCUT2D eigenvalue weighted by molar-refractivity contribution is 8.00. The van der Waals surface area contributed by atoms with Gasteiger partial charge in [0.05, 0.1) is 22.1 Å². The Labute approximate surface area is 166 Å². The number of carbonyl (C=O) groups excluding carboxylic acids is 2. The molecule has 1 aliphatic heterocycles. The fraction of sp³-hybridized carbons (Fsp3) is 0.222. The fourth-order valence-corrected chi connectivity index (χ4v) is 5.14. The third-order valence-electron chi connectivity index (χ3n) is 3.95. The van der Waals surface area contributed by atoms with Gasteiger partial charge in [-0.3, -0.25) is 9.59 Å². The van der Waals surface area contributed by atoms with Gasteiger partial charge >= 0.3 is 0 Å². The number of hydrogen-bond acceptors (Lipinski definition) is 5. The zero-order valence-electron chi connectivity index (χ0n) is 14.4. The van der Waals surface area contributed by atoms with E-state index in [2.05, 4.69) is 10.6 Å². The summed E-state index contributed by atoms with van der Waals surface area (Å²) in [5.41, 5.74) is 0.985. The van der Waals surface area contributed by atoms with Gasteiger partial charge in [-0.05, 0) is 36.4 Å². The summed E-state index contributed by atoms with van der Waals surface area (Å²) in [6.45, 7) is 1.55. The van der Waals surface area contributed by atoms with Crippen molar-refractivity contribution < 1.29 is 18.0 Å². The van der Waals surface area contributed by atoms with Crippen molar-refractivity contribution in [3.05, 3.63) is 47.5 Å². The molecule has 1 atom stereocenters. The highest BCUT2D eigenvalue weighted by Gasteiger charge is 2.25. The molecule has 0 aliphatic carbocycles. The van der Waals surface area contributed by atoms with Gasteiger partial charge in [-0.2, -0.15) is 0 Å². The van der Waals surface area contributed by atoms with E-state index in [1.807, 2.05) is 0 Å². The molecule has 0 saturated carbocycles. The number of thioether (sulfide) groups is 1. The largest absolute Gasteiger partial charge is 0.326 e. The number of halogens is 1. The van der Waals surface area contributed by atoms with Crippen LogP contribution < -0.4 is 10.6 Å². The maximum atomic E-state index is 12.7. The number of anilines is 2. The van der Waals surface area contributed by atoms with Gasteiger partial charge in [-0.25, -0.2) is 8.42 Å². The van der Waals surface area contributed by atoms with E-state index in [0.717, 1.165) is 4.90 Å². The van der Waals surface area contributed by atoms with Gasteiger partial charge in [-0.1, -0.05) is 24.6 Å². The van der Waals surface area contributed by atoms with Crippen molar-refractivity contribution in [2.45, 2.75) is 16.7 Å². The second-order valence-corrected chi connectivity index (χ2v) is 9.66. The summed E-state index contributed by atoms with van der Waals surface area (Å²) in [6, 6.07) is 11.2. The van der Waals surface area contributed by atoms with Crippen LogP contribution in [-0.2, 0) is 19.4 Å². The first-order valence-electron chi connectivity index (χ1n) is 8.10. The topological polar surface area (TPSA) is 92.3 Å². The van der Waals surface area contributed by atoms with Gasteiger partial charge in [-0.15, -0.1) is 11.8 Å². The molecule has 1 aliphatic rings. The Morgan fingerprint density at radius 2 is 2.07 bits per heavy atom. The summed E-state index contributed by atoms with van der Waals surface area (Å²) in [6.07, 6.45) is 0. The Bertz CT molecular complexity index is 1010. The van der Waals surface area contributed by atoms with E-state index in [1.165, 1.54) is 23.9 Å². The third-order valence-corrected chi connectivity index (χ3v) is 7.17. The maximum Gasteiger partial charge on any atom is 0.234 e. The smallest absolute Gasteiger partial charge is 0.234 e. The number of fused-ring (bicyclic) bond motifs is 1. The lowest BCUT2D eigenvalue weighted by atomic mass is 10.2. The number of sulfone groups is 1. The Morgan fingerprint density at radius 1 is 1.30 bits per heavy atom. The minimum atomic E-state index is -3.70. The minimum absolute atomic E-state index is 0.0754. The molecule has 2 N–H and O–H groups in total. The maximum absolute atomic E-state index is 12.7. The number of nitrogens with one attached hydrogen (secondary N) is 2. The monoisotopic (exact) mass is 424 g/mol. The van der Waals surface area contributed by atoms with Crippen molar-refractivity contribution in [2.24, 2.45) is 5.92 Å². The fourth-order valence-electron chi connectivity index (χ4n) is 2.59. The Balaban J connectivity index is 1.73. The Hall–Kier alpha value is -2.03. The van der Waals surface area contributed by atoms with Gasteiger partial charge in [0.2, 0.25) is 11.8 Å². The summed E-state index contributed by atoms with van der Waals surface area (Å²) in [5.74, 6) is -1.40. The van der Waals surface area contributed by atoms with Crippen LogP contribution in [0.4, 0.5) is 11.4 Å². The number of rotatable bonds is 5. The molecule has 0 saturated heterocycles. The summed E-state index contributed by atoms with van der Waals surface area (Å²) >= 11 is 7.24. The summed E-state index contributed by atoms with van der Waals surface area (Å²) in [4.78, 5) is 24.7. The van der Waals surface area contributed by atoms with Gasteiger partial charge < -0.3 is 10.6 Å². The normalized spacial score (nSPS) is 14.8. The van der Waals surface area contributed by atoms with Crippen LogP contribution in [0.2, 0.25) is 5.02 Å². The molecule has 2 amide bonds. The molecule has 0 radical (unpaired) electrons. The number of hydrogen-bond donors (Lipinski definition) is 2. The predicted octanol–water partition coefficient (Wildman–Crippen LogP) is 3.43. The molecule has 27 heavy (non-hydrogen) atoms. The van der Waals surface area contributed by atoms with Crippen molar-refractivity contribution in [3.8, 4) is 0 Å². The third kappa shape index (κ3) is 4.82. The molecule has 142 valence electrons. The SMILES string of the molecule is CC(CS(=O)(=O)c1ccc2c(c1)NC(=O)CS2)C(=O)Nc1cccc(Cl)c1. The molecular weight excluding hydrogens is 408 g/mol. The summed E-state index contributed by atoms with van der Waals surface area (Å²) < 4.78 is 25.4. The van der Waals surface area contributed by atoms with Gasteiger partial charge in [0, 0.05) is 21.5 Å². The van der Waals surface area contributed by atoms with E-state index in [4.69, 9.17) is 11.6 Å². The van der Waals surface area contributed by atoms with Crippen LogP contribution in [0.1, 0.15) is 6.92 Å². The molecule has 1 heterocycles. The number of amides is 2. The molecule has 2 aromatic rings. The molecule has 0 fully saturated rings. The van der Waals surface area contributed by atoms with Gasteiger partial charge in [0.15, 0.2) is 9.84 Å². The van der Waals surface area contributed by atoms with E-state index in [-0.39, 0.29) is 16.6 Å². The second-order valence-electron chi connectivity index (χ2n) is 6.18. The first-order valence-corrected chi connectivity index (χ1v) is 11.1. The van der Waals surface area contributed by atoms with Crippen LogP contribution in [-0.4, -0.2) is 31.7 Å².